The summed E-state index contributed by atoms with van der Waals surface area (Å²) in [4.78, 5) is 0. The van der Waals surface area contributed by atoms with Crippen LogP contribution in [0.3, 0.4) is 0 Å². The highest BCUT2D eigenvalue weighted by atomic mass is 79.9. The SMILES string of the molecule is N#Cc1nn2cc(CBr)ccc2c1-c1ccc(F)cc1. The lowest BCUT2D eigenvalue weighted by Crippen LogP contribution is -1.89. The first-order valence-electron chi connectivity index (χ1n) is 5.96. The summed E-state index contributed by atoms with van der Waals surface area (Å²) in [5.41, 5.74) is 3.74. The van der Waals surface area contributed by atoms with Gasteiger partial charge < -0.3 is 0 Å². The second-order valence-corrected chi connectivity index (χ2v) is 4.90. The molecule has 3 nitrogen and oxygen atoms in total. The van der Waals surface area contributed by atoms with Crippen molar-refractivity contribution < 1.29 is 4.39 Å². The van der Waals surface area contributed by atoms with Gasteiger partial charge in [-0.25, -0.2) is 8.91 Å². The number of hydrogen-bond donors (Lipinski definition) is 0. The lowest BCUT2D eigenvalue weighted by Gasteiger charge is -2.01. The third-order valence-electron chi connectivity index (χ3n) is 3.08. The third-order valence-corrected chi connectivity index (χ3v) is 3.73. The fourth-order valence-corrected chi connectivity index (χ4v) is 2.48. The maximum absolute atomic E-state index is 13.0. The maximum Gasteiger partial charge on any atom is 0.171 e. The molecule has 3 aromatic rings. The Hall–Kier alpha value is -2.19. The molecule has 0 radical (unpaired) electrons. The minimum Gasteiger partial charge on any atom is -0.239 e. The molecule has 2 heterocycles. The topological polar surface area (TPSA) is 41.1 Å². The molecule has 0 atom stereocenters. The average Bonchev–Trinajstić information content (AvgIpc) is 2.85. The summed E-state index contributed by atoms with van der Waals surface area (Å²) in [7, 11) is 0. The summed E-state index contributed by atoms with van der Waals surface area (Å²) in [5.74, 6) is -0.301. The second-order valence-electron chi connectivity index (χ2n) is 4.34. The summed E-state index contributed by atoms with van der Waals surface area (Å²) in [6, 6.07) is 12.1. The number of nitriles is 1. The molecule has 0 aliphatic carbocycles. The number of aromatic nitrogens is 2. The zero-order valence-corrected chi connectivity index (χ0v) is 11.9. The second kappa shape index (κ2) is 5.06. The summed E-state index contributed by atoms with van der Waals surface area (Å²) in [5, 5.41) is 14.3. The fourth-order valence-electron chi connectivity index (χ4n) is 2.15. The first-order chi connectivity index (χ1) is 9.72. The Morgan fingerprint density at radius 2 is 1.95 bits per heavy atom. The van der Waals surface area contributed by atoms with Crippen molar-refractivity contribution in [2.45, 2.75) is 5.33 Å². The summed E-state index contributed by atoms with van der Waals surface area (Å²) >= 11 is 3.39. The van der Waals surface area contributed by atoms with Crippen molar-refractivity contribution in [1.82, 2.24) is 9.61 Å². The zero-order valence-electron chi connectivity index (χ0n) is 10.3. The van der Waals surface area contributed by atoms with Gasteiger partial charge in [-0.15, -0.1) is 0 Å². The van der Waals surface area contributed by atoms with Gasteiger partial charge in [-0.05, 0) is 29.3 Å². The number of halogens is 2. The van der Waals surface area contributed by atoms with E-state index in [2.05, 4.69) is 27.1 Å². The Morgan fingerprint density at radius 1 is 1.20 bits per heavy atom. The predicted octanol–water partition coefficient (Wildman–Crippen LogP) is 3.91. The first kappa shape index (κ1) is 12.8. The van der Waals surface area contributed by atoms with Crippen LogP contribution in [0.15, 0.2) is 42.6 Å². The highest BCUT2D eigenvalue weighted by molar-refractivity contribution is 9.08. The Labute approximate surface area is 123 Å². The fraction of sp³-hybridized carbons (Fsp3) is 0.0667. The van der Waals surface area contributed by atoms with Gasteiger partial charge in [0.05, 0.1) is 5.52 Å². The lowest BCUT2D eigenvalue weighted by atomic mass is 10.0. The molecule has 2 aromatic heterocycles. The van der Waals surface area contributed by atoms with Crippen LogP contribution in [0.2, 0.25) is 0 Å². The van der Waals surface area contributed by atoms with Gasteiger partial charge in [0, 0.05) is 17.1 Å². The number of nitrogens with zero attached hydrogens (tertiary/aromatic N) is 3. The monoisotopic (exact) mass is 329 g/mol. The molecule has 0 aliphatic rings. The van der Waals surface area contributed by atoms with Gasteiger partial charge in [0.2, 0.25) is 0 Å². The Kier molecular flexibility index (Phi) is 3.25. The predicted molar refractivity (Wildman–Crippen MR) is 77.9 cm³/mol. The van der Waals surface area contributed by atoms with Crippen LogP contribution in [0.5, 0.6) is 0 Å². The minimum absolute atomic E-state index is 0.301. The van der Waals surface area contributed by atoms with Crippen LogP contribution < -0.4 is 0 Å². The molecule has 0 saturated heterocycles. The smallest absolute Gasteiger partial charge is 0.171 e. The Morgan fingerprint density at radius 3 is 2.60 bits per heavy atom. The maximum atomic E-state index is 13.0. The van der Waals surface area contributed by atoms with Gasteiger partial charge in [0.15, 0.2) is 5.69 Å². The number of benzene rings is 1. The van der Waals surface area contributed by atoms with Crippen molar-refractivity contribution >= 4 is 21.4 Å². The quantitative estimate of drug-likeness (QED) is 0.669. The third kappa shape index (κ3) is 2.08. The van der Waals surface area contributed by atoms with Crippen LogP contribution in [0.25, 0.3) is 16.6 Å². The van der Waals surface area contributed by atoms with Crippen LogP contribution in [0.4, 0.5) is 4.39 Å². The van der Waals surface area contributed by atoms with Crippen LogP contribution in [-0.4, -0.2) is 9.61 Å². The number of rotatable bonds is 2. The molecule has 5 heteroatoms. The molecule has 98 valence electrons. The van der Waals surface area contributed by atoms with Crippen molar-refractivity contribution in [3.05, 3.63) is 59.7 Å². The molecular weight excluding hydrogens is 321 g/mol. The van der Waals surface area contributed by atoms with Gasteiger partial charge in [-0.2, -0.15) is 10.4 Å². The van der Waals surface area contributed by atoms with Crippen LogP contribution in [0, 0.1) is 17.1 Å². The molecule has 0 saturated carbocycles. The van der Waals surface area contributed by atoms with Crippen molar-refractivity contribution in [3.63, 3.8) is 0 Å². The van der Waals surface area contributed by atoms with Gasteiger partial charge in [-0.1, -0.05) is 34.1 Å². The summed E-state index contributed by atoms with van der Waals surface area (Å²) in [6.07, 6.45) is 1.87. The number of fused-ring (bicyclic) bond motifs is 1. The summed E-state index contributed by atoms with van der Waals surface area (Å²) < 4.78 is 14.7. The van der Waals surface area contributed by atoms with Gasteiger partial charge in [0.1, 0.15) is 11.9 Å². The molecular formula is C15H9BrFN3. The molecule has 0 N–H and O–H groups in total. The highest BCUT2D eigenvalue weighted by Gasteiger charge is 2.14. The lowest BCUT2D eigenvalue weighted by molar-refractivity contribution is 0.628. The molecule has 0 bridgehead atoms. The van der Waals surface area contributed by atoms with Crippen molar-refractivity contribution in [3.8, 4) is 17.2 Å². The van der Waals surface area contributed by atoms with E-state index in [-0.39, 0.29) is 5.82 Å². The highest BCUT2D eigenvalue weighted by Crippen LogP contribution is 2.28. The molecule has 0 amide bonds. The van der Waals surface area contributed by atoms with E-state index in [4.69, 9.17) is 0 Å². The minimum atomic E-state index is -0.301. The first-order valence-corrected chi connectivity index (χ1v) is 7.08. The van der Waals surface area contributed by atoms with Crippen LogP contribution >= 0.6 is 15.9 Å². The Balaban J connectivity index is 2.28. The molecule has 0 fully saturated rings. The molecule has 0 aliphatic heterocycles. The van der Waals surface area contributed by atoms with Gasteiger partial charge in [0.25, 0.3) is 0 Å². The number of hydrogen-bond acceptors (Lipinski definition) is 2. The van der Waals surface area contributed by atoms with Gasteiger partial charge >= 0.3 is 0 Å². The van der Waals surface area contributed by atoms with E-state index in [0.29, 0.717) is 5.69 Å². The molecule has 20 heavy (non-hydrogen) atoms. The summed E-state index contributed by atoms with van der Waals surface area (Å²) in [6.45, 7) is 0. The number of alkyl halides is 1. The largest absolute Gasteiger partial charge is 0.239 e. The molecule has 3 rings (SSSR count). The van der Waals surface area contributed by atoms with E-state index in [1.165, 1.54) is 12.1 Å². The average molecular weight is 330 g/mol. The van der Waals surface area contributed by atoms with E-state index in [0.717, 1.165) is 27.5 Å². The van der Waals surface area contributed by atoms with Crippen molar-refractivity contribution in [1.29, 1.82) is 5.26 Å². The van der Waals surface area contributed by atoms with Crippen LogP contribution in [0.1, 0.15) is 11.3 Å². The zero-order chi connectivity index (χ0) is 14.1. The van der Waals surface area contributed by atoms with E-state index in [1.807, 2.05) is 18.3 Å². The number of pyridine rings is 1. The molecule has 1 aromatic carbocycles. The normalized spacial score (nSPS) is 10.7. The van der Waals surface area contributed by atoms with E-state index < -0.39 is 0 Å². The van der Waals surface area contributed by atoms with Crippen LogP contribution in [-0.2, 0) is 5.33 Å². The standard InChI is InChI=1S/C15H9BrFN3/c16-7-10-1-6-14-15(11-2-4-12(17)5-3-11)13(8-18)19-20(14)9-10/h1-6,9H,7H2. The van der Waals surface area contributed by atoms with Crippen molar-refractivity contribution in [2.75, 3.05) is 0 Å². The van der Waals surface area contributed by atoms with Crippen molar-refractivity contribution in [2.24, 2.45) is 0 Å². The van der Waals surface area contributed by atoms with Gasteiger partial charge in [-0.3, -0.25) is 0 Å². The molecule has 0 unspecified atom stereocenters. The van der Waals surface area contributed by atoms with E-state index >= 15 is 0 Å². The van der Waals surface area contributed by atoms with E-state index in [9.17, 15) is 9.65 Å². The molecule has 0 spiro atoms. The van der Waals surface area contributed by atoms with E-state index in [1.54, 1.807) is 16.6 Å². The Bertz CT molecular complexity index is 815.